The van der Waals surface area contributed by atoms with E-state index in [1.54, 1.807) is 0 Å². The molecule has 0 aromatic carbocycles. The van der Waals surface area contributed by atoms with E-state index in [1.165, 1.54) is 19.3 Å². The Hall–Kier alpha value is 0.177. The maximum absolute atomic E-state index is 6.27. The molecule has 0 saturated heterocycles. The summed E-state index contributed by atoms with van der Waals surface area (Å²) in [5, 5.41) is 0.360. The second kappa shape index (κ2) is 4.58. The van der Waals surface area contributed by atoms with Crippen molar-refractivity contribution in [1.82, 2.24) is 0 Å². The van der Waals surface area contributed by atoms with Crippen LogP contribution in [0.25, 0.3) is 0 Å². The van der Waals surface area contributed by atoms with Gasteiger partial charge in [0.15, 0.2) is 8.32 Å². The highest BCUT2D eigenvalue weighted by atomic mass is 28.4. The average Bonchev–Trinajstić information content (AvgIpc) is 2.00. The van der Waals surface area contributed by atoms with Crippen LogP contribution in [0.4, 0.5) is 0 Å². The maximum Gasteiger partial charge on any atom is 0.191 e. The van der Waals surface area contributed by atoms with Crippen molar-refractivity contribution in [2.24, 2.45) is 11.8 Å². The molecular formula is C13H28OSi. The lowest BCUT2D eigenvalue weighted by Crippen LogP contribution is -2.43. The van der Waals surface area contributed by atoms with Crippen LogP contribution in [0, 0.1) is 11.8 Å². The molecule has 2 atom stereocenters. The van der Waals surface area contributed by atoms with Gasteiger partial charge in [0.2, 0.25) is 0 Å². The van der Waals surface area contributed by atoms with Gasteiger partial charge in [0.25, 0.3) is 0 Å². The predicted octanol–water partition coefficient (Wildman–Crippen LogP) is 4.44. The van der Waals surface area contributed by atoms with E-state index in [2.05, 4.69) is 40.8 Å². The SMILES string of the molecule is CC[C@@H]1CC[C@H]1CO[Si](C)(C)C(C)(C)C. The Morgan fingerprint density at radius 3 is 2.00 bits per heavy atom. The molecule has 1 fully saturated rings. The first-order valence-corrected chi connectivity index (χ1v) is 9.32. The summed E-state index contributed by atoms with van der Waals surface area (Å²) in [6.07, 6.45) is 4.17. The van der Waals surface area contributed by atoms with Gasteiger partial charge < -0.3 is 4.43 Å². The Kier molecular flexibility index (Phi) is 4.05. The zero-order valence-electron chi connectivity index (χ0n) is 11.4. The minimum absolute atomic E-state index is 0.360. The summed E-state index contributed by atoms with van der Waals surface area (Å²) in [4.78, 5) is 0. The van der Waals surface area contributed by atoms with Gasteiger partial charge in [0, 0.05) is 6.61 Å². The standard InChI is InChI=1S/C13H28OSi/c1-7-11-8-9-12(11)10-14-15(5,6)13(2,3)4/h11-12H,7-10H2,1-6H3/t11-,12+/m1/s1. The Morgan fingerprint density at radius 1 is 1.13 bits per heavy atom. The van der Waals surface area contributed by atoms with Gasteiger partial charge in [0.05, 0.1) is 0 Å². The van der Waals surface area contributed by atoms with Gasteiger partial charge in [-0.2, -0.15) is 0 Å². The molecule has 90 valence electrons. The first-order valence-electron chi connectivity index (χ1n) is 6.42. The van der Waals surface area contributed by atoms with Crippen LogP contribution in [0.1, 0.15) is 47.0 Å². The molecule has 0 heterocycles. The van der Waals surface area contributed by atoms with E-state index in [9.17, 15) is 0 Å². The van der Waals surface area contributed by atoms with E-state index < -0.39 is 8.32 Å². The molecule has 1 nitrogen and oxygen atoms in total. The van der Waals surface area contributed by atoms with Crippen LogP contribution in [-0.2, 0) is 4.43 Å². The van der Waals surface area contributed by atoms with E-state index in [4.69, 9.17) is 4.43 Å². The highest BCUT2D eigenvalue weighted by molar-refractivity contribution is 6.74. The fraction of sp³-hybridized carbons (Fsp3) is 1.00. The van der Waals surface area contributed by atoms with Gasteiger partial charge >= 0.3 is 0 Å². The molecule has 1 saturated carbocycles. The van der Waals surface area contributed by atoms with Crippen molar-refractivity contribution in [3.63, 3.8) is 0 Å². The predicted molar refractivity (Wildman–Crippen MR) is 69.7 cm³/mol. The fourth-order valence-electron chi connectivity index (χ4n) is 1.93. The summed E-state index contributed by atoms with van der Waals surface area (Å²) in [6.45, 7) is 15.0. The van der Waals surface area contributed by atoms with Gasteiger partial charge in [-0.3, -0.25) is 0 Å². The third-order valence-electron chi connectivity index (χ3n) is 4.56. The second-order valence-electron chi connectivity index (χ2n) is 6.58. The topological polar surface area (TPSA) is 9.23 Å². The van der Waals surface area contributed by atoms with Crippen LogP contribution in [0.5, 0.6) is 0 Å². The largest absolute Gasteiger partial charge is 0.417 e. The highest BCUT2D eigenvalue weighted by Gasteiger charge is 2.39. The van der Waals surface area contributed by atoms with Gasteiger partial charge in [-0.05, 0) is 42.8 Å². The fourth-order valence-corrected chi connectivity index (χ4v) is 2.99. The molecule has 0 amide bonds. The van der Waals surface area contributed by atoms with Gasteiger partial charge in [0.1, 0.15) is 0 Å². The lowest BCUT2D eigenvalue weighted by Gasteiger charge is -2.41. The Morgan fingerprint density at radius 2 is 1.67 bits per heavy atom. The van der Waals surface area contributed by atoms with Crippen molar-refractivity contribution < 1.29 is 4.43 Å². The van der Waals surface area contributed by atoms with Crippen molar-refractivity contribution in [2.75, 3.05) is 6.61 Å². The van der Waals surface area contributed by atoms with Crippen LogP contribution in [0.2, 0.25) is 18.1 Å². The third kappa shape index (κ3) is 3.07. The molecule has 0 unspecified atom stereocenters. The highest BCUT2D eigenvalue weighted by Crippen LogP contribution is 2.40. The van der Waals surface area contributed by atoms with Crippen LogP contribution >= 0.6 is 0 Å². The van der Waals surface area contributed by atoms with Crippen molar-refractivity contribution in [3.05, 3.63) is 0 Å². The van der Waals surface area contributed by atoms with E-state index in [1.807, 2.05) is 0 Å². The summed E-state index contributed by atoms with van der Waals surface area (Å²) >= 11 is 0. The normalized spacial score (nSPS) is 27.6. The first-order chi connectivity index (χ1) is 6.78. The van der Waals surface area contributed by atoms with Crippen molar-refractivity contribution in [3.8, 4) is 0 Å². The average molecular weight is 228 g/mol. The number of rotatable bonds is 4. The van der Waals surface area contributed by atoms with Crippen LogP contribution < -0.4 is 0 Å². The monoisotopic (exact) mass is 228 g/mol. The van der Waals surface area contributed by atoms with E-state index in [-0.39, 0.29) is 0 Å². The molecule has 0 aromatic heterocycles. The minimum atomic E-state index is -1.49. The molecule has 0 spiro atoms. The Balaban J connectivity index is 2.36. The van der Waals surface area contributed by atoms with E-state index >= 15 is 0 Å². The van der Waals surface area contributed by atoms with Gasteiger partial charge in [-0.15, -0.1) is 0 Å². The van der Waals surface area contributed by atoms with E-state index in [0.717, 1.165) is 18.4 Å². The van der Waals surface area contributed by atoms with Gasteiger partial charge in [-0.1, -0.05) is 34.1 Å². The molecule has 1 rings (SSSR count). The quantitative estimate of drug-likeness (QED) is 0.646. The molecule has 1 aliphatic carbocycles. The minimum Gasteiger partial charge on any atom is -0.417 e. The van der Waals surface area contributed by atoms with Crippen molar-refractivity contribution in [2.45, 2.75) is 65.1 Å². The summed E-state index contributed by atoms with van der Waals surface area (Å²) in [5.74, 6) is 1.82. The van der Waals surface area contributed by atoms with Crippen LogP contribution in [0.15, 0.2) is 0 Å². The molecule has 0 aromatic rings. The van der Waals surface area contributed by atoms with Gasteiger partial charge in [-0.25, -0.2) is 0 Å². The van der Waals surface area contributed by atoms with E-state index in [0.29, 0.717) is 5.04 Å². The number of hydrogen-bond acceptors (Lipinski definition) is 1. The summed E-state index contributed by atoms with van der Waals surface area (Å²) < 4.78 is 6.27. The van der Waals surface area contributed by atoms with Crippen LogP contribution in [0.3, 0.4) is 0 Å². The summed E-state index contributed by atoms with van der Waals surface area (Å²) in [6, 6.07) is 0. The molecule has 15 heavy (non-hydrogen) atoms. The lowest BCUT2D eigenvalue weighted by molar-refractivity contribution is 0.0932. The summed E-state index contributed by atoms with van der Waals surface area (Å²) in [5.41, 5.74) is 0. The molecule has 1 aliphatic rings. The Labute approximate surface area is 96.7 Å². The lowest BCUT2D eigenvalue weighted by atomic mass is 9.73. The summed E-state index contributed by atoms with van der Waals surface area (Å²) in [7, 11) is -1.49. The molecular weight excluding hydrogens is 200 g/mol. The molecule has 0 bridgehead atoms. The second-order valence-corrected chi connectivity index (χ2v) is 11.4. The molecule has 0 N–H and O–H groups in total. The number of hydrogen-bond donors (Lipinski definition) is 0. The van der Waals surface area contributed by atoms with Crippen LogP contribution in [-0.4, -0.2) is 14.9 Å². The third-order valence-corrected chi connectivity index (χ3v) is 9.06. The Bertz CT molecular complexity index is 203. The smallest absolute Gasteiger partial charge is 0.191 e. The molecule has 2 heteroatoms. The maximum atomic E-state index is 6.27. The molecule has 0 aliphatic heterocycles. The molecule has 0 radical (unpaired) electrons. The van der Waals surface area contributed by atoms with Crippen molar-refractivity contribution in [1.29, 1.82) is 0 Å². The van der Waals surface area contributed by atoms with Crippen molar-refractivity contribution >= 4 is 8.32 Å². The first kappa shape index (κ1) is 13.2. The zero-order valence-corrected chi connectivity index (χ0v) is 12.4. The zero-order chi connectivity index (χ0) is 11.7.